The summed E-state index contributed by atoms with van der Waals surface area (Å²) in [5, 5.41) is 12.0. The molecule has 0 aliphatic carbocycles. The van der Waals surface area contributed by atoms with Crippen LogP contribution in [0.15, 0.2) is 30.3 Å². The van der Waals surface area contributed by atoms with Crippen LogP contribution in [0.3, 0.4) is 0 Å². The van der Waals surface area contributed by atoms with Crippen molar-refractivity contribution >= 4 is 12.0 Å². The van der Waals surface area contributed by atoms with E-state index in [0.29, 0.717) is 18.7 Å². The molecule has 1 aromatic rings. The highest BCUT2D eigenvalue weighted by atomic mass is 16.5. The number of carbonyl (C=O) groups is 2. The molecule has 2 N–H and O–H groups in total. The zero-order chi connectivity index (χ0) is 16.3. The number of carboxylic acids is 1. The molecule has 6 nitrogen and oxygen atoms in total. The predicted octanol–water partition coefficient (Wildman–Crippen LogP) is 2.17. The maximum Gasteiger partial charge on any atom is 0.330 e. The number of hydrogen-bond acceptors (Lipinski definition) is 3. The van der Waals surface area contributed by atoms with Crippen LogP contribution in [0, 0.1) is 0 Å². The van der Waals surface area contributed by atoms with E-state index in [1.807, 2.05) is 6.07 Å². The van der Waals surface area contributed by atoms with Crippen molar-refractivity contribution in [3.63, 3.8) is 0 Å². The van der Waals surface area contributed by atoms with Crippen LogP contribution in [-0.2, 0) is 9.53 Å². The Hall–Kier alpha value is -2.08. The number of amides is 2. The standard InChI is InChI=1S/C17H22N2O4/c20-15(21)14(13-5-2-1-3-6-13)18-16(22)19-10-8-17(9-11-19)7-4-12-23-17/h1-3,5-6,14H,4,7-12H2,(H,18,22)(H,20,21). The number of carboxylic acid groups (broad SMARTS) is 1. The number of ether oxygens (including phenoxy) is 1. The third-order valence-corrected chi connectivity index (χ3v) is 4.79. The lowest BCUT2D eigenvalue weighted by atomic mass is 9.89. The average molecular weight is 318 g/mol. The number of piperidine rings is 1. The van der Waals surface area contributed by atoms with E-state index in [1.165, 1.54) is 0 Å². The number of nitrogens with one attached hydrogen (secondary N) is 1. The van der Waals surface area contributed by atoms with Gasteiger partial charge in [-0.25, -0.2) is 9.59 Å². The Morgan fingerprint density at radius 3 is 2.43 bits per heavy atom. The van der Waals surface area contributed by atoms with Gasteiger partial charge in [0.25, 0.3) is 0 Å². The van der Waals surface area contributed by atoms with Crippen molar-refractivity contribution in [2.45, 2.75) is 37.3 Å². The summed E-state index contributed by atoms with van der Waals surface area (Å²) >= 11 is 0. The Balaban J connectivity index is 1.61. The van der Waals surface area contributed by atoms with Gasteiger partial charge in [0, 0.05) is 19.7 Å². The highest BCUT2D eigenvalue weighted by Gasteiger charge is 2.39. The molecule has 0 radical (unpaired) electrons. The normalized spacial score (nSPS) is 21.1. The van der Waals surface area contributed by atoms with E-state index in [9.17, 15) is 14.7 Å². The Kier molecular flexibility index (Phi) is 4.52. The van der Waals surface area contributed by atoms with Crippen molar-refractivity contribution in [2.75, 3.05) is 19.7 Å². The van der Waals surface area contributed by atoms with E-state index in [1.54, 1.807) is 29.2 Å². The molecular weight excluding hydrogens is 296 g/mol. The minimum absolute atomic E-state index is 0.0532. The van der Waals surface area contributed by atoms with Crippen molar-refractivity contribution in [3.05, 3.63) is 35.9 Å². The van der Waals surface area contributed by atoms with Gasteiger partial charge in [-0.2, -0.15) is 0 Å². The summed E-state index contributed by atoms with van der Waals surface area (Å²) < 4.78 is 5.85. The monoisotopic (exact) mass is 318 g/mol. The van der Waals surface area contributed by atoms with Gasteiger partial charge in [0.2, 0.25) is 0 Å². The highest BCUT2D eigenvalue weighted by molar-refractivity contribution is 5.83. The number of likely N-dealkylation sites (tertiary alicyclic amines) is 1. The molecule has 1 unspecified atom stereocenters. The van der Waals surface area contributed by atoms with E-state index in [4.69, 9.17) is 4.74 Å². The number of benzene rings is 1. The molecule has 0 bridgehead atoms. The number of hydrogen-bond donors (Lipinski definition) is 2. The van der Waals surface area contributed by atoms with Crippen molar-refractivity contribution in [2.24, 2.45) is 0 Å². The molecule has 124 valence electrons. The fourth-order valence-electron chi connectivity index (χ4n) is 3.41. The van der Waals surface area contributed by atoms with Crippen LogP contribution in [0.25, 0.3) is 0 Å². The van der Waals surface area contributed by atoms with Gasteiger partial charge in [0.05, 0.1) is 5.60 Å². The van der Waals surface area contributed by atoms with Crippen LogP contribution in [0.1, 0.15) is 37.3 Å². The maximum atomic E-state index is 12.4. The second-order valence-corrected chi connectivity index (χ2v) is 6.25. The molecule has 1 spiro atoms. The van der Waals surface area contributed by atoms with E-state index in [-0.39, 0.29) is 11.6 Å². The van der Waals surface area contributed by atoms with Crippen LogP contribution in [0.2, 0.25) is 0 Å². The topological polar surface area (TPSA) is 78.9 Å². The molecule has 2 saturated heterocycles. The summed E-state index contributed by atoms with van der Waals surface area (Å²) in [6.45, 7) is 2.02. The first-order chi connectivity index (χ1) is 11.1. The fraction of sp³-hybridized carbons (Fsp3) is 0.529. The smallest absolute Gasteiger partial charge is 0.330 e. The second-order valence-electron chi connectivity index (χ2n) is 6.25. The molecule has 2 heterocycles. The summed E-state index contributed by atoms with van der Waals surface area (Å²) in [5.74, 6) is -1.06. The first-order valence-corrected chi connectivity index (χ1v) is 8.07. The number of carbonyl (C=O) groups excluding carboxylic acids is 1. The van der Waals surface area contributed by atoms with Gasteiger partial charge < -0.3 is 20.1 Å². The molecule has 1 aromatic carbocycles. The molecule has 2 aliphatic rings. The lowest BCUT2D eigenvalue weighted by Gasteiger charge is -2.38. The molecule has 1 atom stereocenters. The molecule has 2 amide bonds. The van der Waals surface area contributed by atoms with Crippen LogP contribution in [0.5, 0.6) is 0 Å². The zero-order valence-electron chi connectivity index (χ0n) is 13.0. The van der Waals surface area contributed by atoms with E-state index < -0.39 is 12.0 Å². The maximum absolute atomic E-state index is 12.4. The van der Waals surface area contributed by atoms with Crippen molar-refractivity contribution in [1.82, 2.24) is 10.2 Å². The van der Waals surface area contributed by atoms with Gasteiger partial charge in [-0.1, -0.05) is 30.3 Å². The quantitative estimate of drug-likeness (QED) is 0.895. The van der Waals surface area contributed by atoms with Crippen LogP contribution >= 0.6 is 0 Å². The third-order valence-electron chi connectivity index (χ3n) is 4.79. The summed E-state index contributed by atoms with van der Waals surface area (Å²) in [7, 11) is 0. The number of rotatable bonds is 3. The predicted molar refractivity (Wildman–Crippen MR) is 84.1 cm³/mol. The lowest BCUT2D eigenvalue weighted by Crippen LogP contribution is -2.51. The first kappa shape index (κ1) is 15.8. The molecule has 2 aliphatic heterocycles. The Labute approximate surface area is 135 Å². The number of nitrogens with zero attached hydrogens (tertiary/aromatic N) is 1. The molecule has 3 rings (SSSR count). The minimum Gasteiger partial charge on any atom is -0.479 e. The van der Waals surface area contributed by atoms with Gasteiger partial charge >= 0.3 is 12.0 Å². The summed E-state index contributed by atoms with van der Waals surface area (Å²) in [4.78, 5) is 25.6. The highest BCUT2D eigenvalue weighted by Crippen LogP contribution is 2.35. The summed E-state index contributed by atoms with van der Waals surface area (Å²) in [6, 6.07) is 7.40. The molecular formula is C17H22N2O4. The minimum atomic E-state index is -1.06. The average Bonchev–Trinajstić information content (AvgIpc) is 3.01. The Morgan fingerprint density at radius 1 is 1.17 bits per heavy atom. The van der Waals surface area contributed by atoms with E-state index in [2.05, 4.69) is 5.32 Å². The van der Waals surface area contributed by atoms with Gasteiger partial charge in [0.1, 0.15) is 0 Å². The first-order valence-electron chi connectivity index (χ1n) is 8.07. The molecule has 0 saturated carbocycles. The Bertz CT molecular complexity index is 559. The third kappa shape index (κ3) is 3.47. The van der Waals surface area contributed by atoms with Gasteiger partial charge in [0.15, 0.2) is 6.04 Å². The molecule has 6 heteroatoms. The van der Waals surface area contributed by atoms with Crippen LogP contribution in [-0.4, -0.2) is 47.3 Å². The molecule has 23 heavy (non-hydrogen) atoms. The van der Waals surface area contributed by atoms with E-state index in [0.717, 1.165) is 32.3 Å². The fourth-order valence-corrected chi connectivity index (χ4v) is 3.41. The summed E-state index contributed by atoms with van der Waals surface area (Å²) in [6.07, 6.45) is 3.79. The van der Waals surface area contributed by atoms with Crippen molar-refractivity contribution < 1.29 is 19.4 Å². The van der Waals surface area contributed by atoms with Gasteiger partial charge in [-0.05, 0) is 31.2 Å². The molecule has 2 fully saturated rings. The zero-order valence-corrected chi connectivity index (χ0v) is 13.0. The van der Waals surface area contributed by atoms with Gasteiger partial charge in [-0.3, -0.25) is 0 Å². The van der Waals surface area contributed by atoms with Crippen molar-refractivity contribution in [1.29, 1.82) is 0 Å². The van der Waals surface area contributed by atoms with Gasteiger partial charge in [-0.15, -0.1) is 0 Å². The lowest BCUT2D eigenvalue weighted by molar-refractivity contribution is -0.139. The second kappa shape index (κ2) is 6.58. The summed E-state index contributed by atoms with van der Waals surface area (Å²) in [5.41, 5.74) is 0.517. The number of aliphatic carboxylic acids is 1. The Morgan fingerprint density at radius 2 is 1.87 bits per heavy atom. The SMILES string of the molecule is O=C(O)C(NC(=O)N1CCC2(CCCO2)CC1)c1ccccc1. The van der Waals surface area contributed by atoms with E-state index >= 15 is 0 Å². The largest absolute Gasteiger partial charge is 0.479 e. The molecule has 0 aromatic heterocycles. The number of urea groups is 1. The van der Waals surface area contributed by atoms with Crippen LogP contribution in [0.4, 0.5) is 4.79 Å². The van der Waals surface area contributed by atoms with Crippen molar-refractivity contribution in [3.8, 4) is 0 Å². The van der Waals surface area contributed by atoms with Crippen LogP contribution < -0.4 is 5.32 Å².